The van der Waals surface area contributed by atoms with E-state index < -0.39 is 10.0 Å². The van der Waals surface area contributed by atoms with E-state index in [-0.39, 0.29) is 12.1 Å². The molecule has 0 aromatic heterocycles. The number of nitrogens with zero attached hydrogens (tertiary/aromatic N) is 1. The van der Waals surface area contributed by atoms with Gasteiger partial charge in [0.05, 0.1) is 4.90 Å². The summed E-state index contributed by atoms with van der Waals surface area (Å²) in [6.45, 7) is 6.17. The monoisotopic (exact) mass is 281 g/mol. The van der Waals surface area contributed by atoms with E-state index in [1.165, 1.54) is 0 Å². The molecule has 2 rings (SSSR count). The van der Waals surface area contributed by atoms with Gasteiger partial charge in [-0.05, 0) is 31.9 Å². The van der Waals surface area contributed by atoms with Crippen LogP contribution in [0.3, 0.4) is 0 Å². The van der Waals surface area contributed by atoms with E-state index in [9.17, 15) is 8.42 Å². The second kappa shape index (κ2) is 5.63. The summed E-state index contributed by atoms with van der Waals surface area (Å²) in [5.74, 6) is 0. The van der Waals surface area contributed by atoms with Crippen LogP contribution in [0.2, 0.25) is 0 Å². The highest BCUT2D eigenvalue weighted by molar-refractivity contribution is 7.89. The van der Waals surface area contributed by atoms with Crippen molar-refractivity contribution in [3.63, 3.8) is 0 Å². The zero-order valence-corrected chi connectivity index (χ0v) is 12.8. The molecule has 1 aliphatic rings. The number of hydrogen-bond acceptors (Lipinski definition) is 2. The fourth-order valence-corrected chi connectivity index (χ4v) is 4.60. The molecule has 0 bridgehead atoms. The molecule has 0 amide bonds. The lowest BCUT2D eigenvalue weighted by Gasteiger charge is -2.07. The molecular weight excluding hydrogens is 258 g/mol. The molecule has 1 saturated heterocycles. The van der Waals surface area contributed by atoms with Crippen molar-refractivity contribution in [2.24, 2.45) is 0 Å². The first kappa shape index (κ1) is 14.5. The summed E-state index contributed by atoms with van der Waals surface area (Å²) in [6, 6.07) is 7.57. The van der Waals surface area contributed by atoms with Crippen LogP contribution in [-0.4, -0.2) is 24.8 Å². The maximum Gasteiger partial charge on any atom is 0.243 e. The fraction of sp³-hybridized carbons (Fsp3) is 0.600. The molecule has 0 aliphatic carbocycles. The number of sulfonamides is 1. The fourth-order valence-electron chi connectivity index (χ4n) is 2.68. The number of hydrogen-bond donors (Lipinski definition) is 0. The smallest absolute Gasteiger partial charge is 0.207 e. The molecule has 1 aliphatic heterocycles. The van der Waals surface area contributed by atoms with Crippen molar-refractivity contribution < 1.29 is 8.42 Å². The predicted molar refractivity (Wildman–Crippen MR) is 77.6 cm³/mol. The Kier molecular flexibility index (Phi) is 4.31. The lowest BCUT2D eigenvalue weighted by Crippen LogP contribution is -2.16. The minimum Gasteiger partial charge on any atom is -0.207 e. The average molecular weight is 281 g/mol. The van der Waals surface area contributed by atoms with E-state index >= 15 is 0 Å². The number of rotatable bonds is 6. The highest BCUT2D eigenvalue weighted by atomic mass is 32.2. The molecule has 1 heterocycles. The van der Waals surface area contributed by atoms with Gasteiger partial charge in [0, 0.05) is 12.1 Å². The third kappa shape index (κ3) is 2.84. The molecule has 0 saturated carbocycles. The lowest BCUT2D eigenvalue weighted by molar-refractivity contribution is 0.536. The Labute approximate surface area is 116 Å². The van der Waals surface area contributed by atoms with E-state index in [0.717, 1.165) is 31.2 Å². The third-order valence-electron chi connectivity index (χ3n) is 3.88. The summed E-state index contributed by atoms with van der Waals surface area (Å²) < 4.78 is 26.9. The number of aryl methyl sites for hydroxylation is 1. The number of benzene rings is 1. The summed E-state index contributed by atoms with van der Waals surface area (Å²) in [6.07, 6.45) is 4.10. The van der Waals surface area contributed by atoms with Crippen molar-refractivity contribution >= 4 is 10.0 Å². The normalized spacial score (nSPS) is 26.4. The van der Waals surface area contributed by atoms with E-state index in [1.807, 2.05) is 19.1 Å². The summed E-state index contributed by atoms with van der Waals surface area (Å²) in [4.78, 5) is 0.426. The maximum absolute atomic E-state index is 12.6. The lowest BCUT2D eigenvalue weighted by atomic mass is 10.1. The van der Waals surface area contributed by atoms with Crippen molar-refractivity contribution in [1.82, 2.24) is 4.31 Å². The van der Waals surface area contributed by atoms with Crippen LogP contribution < -0.4 is 0 Å². The molecule has 1 unspecified atom stereocenters. The van der Waals surface area contributed by atoms with Crippen LogP contribution in [0.15, 0.2) is 29.2 Å². The molecule has 106 valence electrons. The Hall–Kier alpha value is -0.870. The zero-order valence-electron chi connectivity index (χ0n) is 12.0. The largest absolute Gasteiger partial charge is 0.243 e. The Morgan fingerprint density at radius 1 is 1.11 bits per heavy atom. The van der Waals surface area contributed by atoms with Crippen molar-refractivity contribution in [2.75, 3.05) is 0 Å². The van der Waals surface area contributed by atoms with E-state index in [1.54, 1.807) is 16.4 Å². The van der Waals surface area contributed by atoms with Gasteiger partial charge in [0.1, 0.15) is 0 Å². The predicted octanol–water partition coefficient (Wildman–Crippen LogP) is 3.34. The van der Waals surface area contributed by atoms with Gasteiger partial charge in [-0.1, -0.05) is 44.4 Å². The summed E-state index contributed by atoms with van der Waals surface area (Å²) >= 11 is 0. The van der Waals surface area contributed by atoms with Crippen LogP contribution in [0.5, 0.6) is 0 Å². The van der Waals surface area contributed by atoms with Crippen molar-refractivity contribution in [3.05, 3.63) is 29.8 Å². The van der Waals surface area contributed by atoms with Gasteiger partial charge in [-0.25, -0.2) is 8.42 Å². The van der Waals surface area contributed by atoms with Crippen LogP contribution in [-0.2, 0) is 10.0 Å². The van der Waals surface area contributed by atoms with Gasteiger partial charge >= 0.3 is 0 Å². The third-order valence-corrected chi connectivity index (χ3v) is 5.84. The Morgan fingerprint density at radius 3 is 2.26 bits per heavy atom. The first-order valence-electron chi connectivity index (χ1n) is 7.12. The minimum absolute atomic E-state index is 0.206. The summed E-state index contributed by atoms with van der Waals surface area (Å²) in [7, 11) is -3.29. The van der Waals surface area contributed by atoms with Crippen LogP contribution in [0, 0.1) is 6.92 Å². The Bertz CT molecular complexity index is 522. The van der Waals surface area contributed by atoms with Gasteiger partial charge in [-0.3, -0.25) is 0 Å². The second-order valence-electron chi connectivity index (χ2n) is 5.33. The highest BCUT2D eigenvalue weighted by Gasteiger charge is 2.53. The van der Waals surface area contributed by atoms with Gasteiger partial charge in [-0.2, -0.15) is 4.31 Å². The van der Waals surface area contributed by atoms with Gasteiger partial charge in [0.25, 0.3) is 0 Å². The first-order chi connectivity index (χ1) is 9.02. The van der Waals surface area contributed by atoms with Crippen LogP contribution in [0.25, 0.3) is 0 Å². The maximum atomic E-state index is 12.6. The zero-order chi connectivity index (χ0) is 14.0. The molecular formula is C15H23NO2S. The van der Waals surface area contributed by atoms with Gasteiger partial charge in [-0.15, -0.1) is 0 Å². The van der Waals surface area contributed by atoms with E-state index in [2.05, 4.69) is 13.8 Å². The molecule has 3 nitrogen and oxygen atoms in total. The molecule has 19 heavy (non-hydrogen) atoms. The molecule has 1 aromatic rings. The van der Waals surface area contributed by atoms with Crippen molar-refractivity contribution in [2.45, 2.75) is 63.4 Å². The SMILES string of the molecule is CCCC[C@H]1[C@@H](CC)N1S(=O)(=O)c1ccc(C)cc1. The quantitative estimate of drug-likeness (QED) is 0.750. The molecule has 1 fully saturated rings. The van der Waals surface area contributed by atoms with Crippen LogP contribution in [0.4, 0.5) is 0 Å². The summed E-state index contributed by atoms with van der Waals surface area (Å²) in [5, 5.41) is 0. The van der Waals surface area contributed by atoms with Crippen molar-refractivity contribution in [3.8, 4) is 0 Å². The Morgan fingerprint density at radius 2 is 1.74 bits per heavy atom. The van der Waals surface area contributed by atoms with Gasteiger partial charge < -0.3 is 0 Å². The van der Waals surface area contributed by atoms with Crippen LogP contribution >= 0.6 is 0 Å². The second-order valence-corrected chi connectivity index (χ2v) is 7.18. The van der Waals surface area contributed by atoms with E-state index in [0.29, 0.717) is 4.90 Å². The van der Waals surface area contributed by atoms with Gasteiger partial charge in [0.2, 0.25) is 10.0 Å². The number of unbranched alkanes of at least 4 members (excludes halogenated alkanes) is 1. The molecule has 0 N–H and O–H groups in total. The minimum atomic E-state index is -3.29. The van der Waals surface area contributed by atoms with Crippen molar-refractivity contribution in [1.29, 1.82) is 0 Å². The molecule has 0 spiro atoms. The molecule has 4 heteroatoms. The summed E-state index contributed by atoms with van der Waals surface area (Å²) in [5.41, 5.74) is 1.08. The molecule has 0 radical (unpaired) electrons. The highest BCUT2D eigenvalue weighted by Crippen LogP contribution is 2.40. The standard InChI is InChI=1S/C15H23NO2S/c1-4-6-7-15-14(5-2)16(15)19(17,18)13-10-8-12(3)9-11-13/h8-11,14-15H,4-7H2,1-3H3/t14-,15+,16?/m1/s1. The molecule has 1 aromatic carbocycles. The van der Waals surface area contributed by atoms with Crippen LogP contribution in [0.1, 0.15) is 45.1 Å². The topological polar surface area (TPSA) is 37.1 Å². The van der Waals surface area contributed by atoms with Gasteiger partial charge in [0.15, 0.2) is 0 Å². The van der Waals surface area contributed by atoms with E-state index in [4.69, 9.17) is 0 Å². The molecule has 3 atom stereocenters. The first-order valence-corrected chi connectivity index (χ1v) is 8.56. The Balaban J connectivity index is 2.18. The average Bonchev–Trinajstić information content (AvgIpc) is 3.11.